The van der Waals surface area contributed by atoms with E-state index in [0.29, 0.717) is 13.1 Å². The minimum atomic E-state index is -3.91. The molecule has 154 valence electrons. The zero-order valence-electron chi connectivity index (χ0n) is 16.0. The van der Waals surface area contributed by atoms with E-state index in [4.69, 9.17) is 0 Å². The van der Waals surface area contributed by atoms with Gasteiger partial charge in [-0.3, -0.25) is 0 Å². The van der Waals surface area contributed by atoms with Gasteiger partial charge in [-0.15, -0.1) is 0 Å². The first-order chi connectivity index (χ1) is 14.5. The Labute approximate surface area is 174 Å². The van der Waals surface area contributed by atoms with Crippen LogP contribution in [0.2, 0.25) is 0 Å². The molecule has 2 fully saturated rings. The minimum Gasteiger partial charge on any atom is -0.313 e. The highest BCUT2D eigenvalue weighted by molar-refractivity contribution is 7.89. The molecule has 3 aromatic carbocycles. The molecule has 7 heteroatoms. The summed E-state index contributed by atoms with van der Waals surface area (Å²) in [6.45, 7) is 1.03. The maximum absolute atomic E-state index is 14.2. The maximum Gasteiger partial charge on any atom is 0.246 e. The summed E-state index contributed by atoms with van der Waals surface area (Å²) in [5.41, 5.74) is 2.73. The summed E-state index contributed by atoms with van der Waals surface area (Å²) in [6, 6.07) is 19.2. The second-order valence-corrected chi connectivity index (χ2v) is 9.53. The van der Waals surface area contributed by atoms with Crippen molar-refractivity contribution < 1.29 is 17.2 Å². The van der Waals surface area contributed by atoms with Gasteiger partial charge in [-0.1, -0.05) is 48.5 Å². The predicted octanol–water partition coefficient (Wildman–Crippen LogP) is 3.76. The molecule has 1 unspecified atom stereocenters. The van der Waals surface area contributed by atoms with Crippen molar-refractivity contribution in [2.75, 3.05) is 13.1 Å². The highest BCUT2D eigenvalue weighted by Crippen LogP contribution is 2.46. The van der Waals surface area contributed by atoms with E-state index in [2.05, 4.69) is 5.32 Å². The van der Waals surface area contributed by atoms with Gasteiger partial charge in [0.15, 0.2) is 0 Å². The number of sulfonamides is 1. The molecule has 5 rings (SSSR count). The summed E-state index contributed by atoms with van der Waals surface area (Å²) in [5.74, 6) is -0.981. The summed E-state index contributed by atoms with van der Waals surface area (Å²) in [6.07, 6.45) is 0. The van der Waals surface area contributed by atoms with E-state index in [1.807, 2.05) is 30.3 Å². The summed E-state index contributed by atoms with van der Waals surface area (Å²) in [5, 5.41) is 3.25. The van der Waals surface area contributed by atoms with Crippen molar-refractivity contribution in [3.8, 4) is 11.1 Å². The second kappa shape index (κ2) is 7.27. The first kappa shape index (κ1) is 19.4. The van der Waals surface area contributed by atoms with Crippen LogP contribution in [0.15, 0.2) is 77.7 Å². The summed E-state index contributed by atoms with van der Waals surface area (Å²) < 4.78 is 55.4. The fourth-order valence-electron chi connectivity index (χ4n) is 4.66. The molecule has 2 aliphatic heterocycles. The van der Waals surface area contributed by atoms with Gasteiger partial charge in [0, 0.05) is 31.1 Å². The Morgan fingerprint density at radius 3 is 2.20 bits per heavy atom. The van der Waals surface area contributed by atoms with E-state index >= 15 is 0 Å². The van der Waals surface area contributed by atoms with Crippen LogP contribution in [0.4, 0.5) is 8.78 Å². The highest BCUT2D eigenvalue weighted by Gasteiger charge is 2.57. The SMILES string of the molecule is O=S(=O)(c1ccccc1F)N1[C@@H]2CNC[C@H]1C2c1ccc(-c2cccc(F)c2)cc1. The van der Waals surface area contributed by atoms with Crippen LogP contribution >= 0.6 is 0 Å². The highest BCUT2D eigenvalue weighted by atomic mass is 32.2. The fourth-order valence-corrected chi connectivity index (χ4v) is 6.58. The summed E-state index contributed by atoms with van der Waals surface area (Å²) in [7, 11) is -3.91. The van der Waals surface area contributed by atoms with Crippen molar-refractivity contribution in [2.24, 2.45) is 0 Å². The molecule has 3 aromatic rings. The van der Waals surface area contributed by atoms with Crippen LogP contribution in [-0.4, -0.2) is 37.9 Å². The average Bonchev–Trinajstić information content (AvgIpc) is 2.75. The van der Waals surface area contributed by atoms with E-state index in [-0.39, 0.29) is 28.7 Å². The van der Waals surface area contributed by atoms with Gasteiger partial charge in [-0.05, 0) is 41.0 Å². The molecule has 0 radical (unpaired) electrons. The van der Waals surface area contributed by atoms with Crippen molar-refractivity contribution in [1.29, 1.82) is 0 Å². The number of hydrogen-bond donors (Lipinski definition) is 1. The van der Waals surface area contributed by atoms with Gasteiger partial charge in [0.05, 0.1) is 0 Å². The monoisotopic (exact) mass is 426 g/mol. The van der Waals surface area contributed by atoms with E-state index in [9.17, 15) is 17.2 Å². The van der Waals surface area contributed by atoms with Gasteiger partial charge in [-0.2, -0.15) is 4.31 Å². The van der Waals surface area contributed by atoms with Gasteiger partial charge in [0.25, 0.3) is 0 Å². The minimum absolute atomic E-state index is 0.0364. The van der Waals surface area contributed by atoms with Crippen LogP contribution in [0.3, 0.4) is 0 Å². The van der Waals surface area contributed by atoms with Crippen LogP contribution in [0.1, 0.15) is 11.5 Å². The molecule has 0 saturated carbocycles. The van der Waals surface area contributed by atoms with E-state index in [1.54, 1.807) is 6.07 Å². The second-order valence-electron chi connectivity index (χ2n) is 7.72. The standard InChI is InChI=1S/C23H20F2N2O2S/c24-18-5-3-4-17(12-18)15-8-10-16(11-9-15)23-20-13-26-14-21(23)27(20)30(28,29)22-7-2-1-6-19(22)25/h1-12,20-21,23,26H,13-14H2/t20-,21+,23?. The smallest absolute Gasteiger partial charge is 0.246 e. The van der Waals surface area contributed by atoms with Gasteiger partial charge in [-0.25, -0.2) is 17.2 Å². The lowest BCUT2D eigenvalue weighted by Gasteiger charge is -2.57. The number of hydrogen-bond acceptors (Lipinski definition) is 3. The number of fused-ring (bicyclic) bond motifs is 2. The Hall–Kier alpha value is -2.61. The summed E-state index contributed by atoms with van der Waals surface area (Å²) in [4.78, 5) is -0.276. The molecule has 1 N–H and O–H groups in total. The first-order valence-corrected chi connectivity index (χ1v) is 11.3. The molecule has 2 heterocycles. The molecule has 0 amide bonds. The number of piperidine rings is 1. The molecule has 2 bridgehead atoms. The van der Waals surface area contributed by atoms with Crippen molar-refractivity contribution >= 4 is 10.0 Å². The molecule has 0 aliphatic carbocycles. The summed E-state index contributed by atoms with van der Waals surface area (Å²) >= 11 is 0. The van der Waals surface area contributed by atoms with Crippen molar-refractivity contribution in [3.63, 3.8) is 0 Å². The van der Waals surface area contributed by atoms with Crippen LogP contribution in [-0.2, 0) is 10.0 Å². The number of nitrogens with zero attached hydrogens (tertiary/aromatic N) is 1. The fraction of sp³-hybridized carbons (Fsp3) is 0.217. The first-order valence-electron chi connectivity index (χ1n) is 9.81. The maximum atomic E-state index is 14.2. The Balaban J connectivity index is 1.43. The third kappa shape index (κ3) is 3.05. The third-order valence-electron chi connectivity index (χ3n) is 6.04. The van der Waals surface area contributed by atoms with E-state index in [0.717, 1.165) is 16.7 Å². The Morgan fingerprint density at radius 1 is 0.833 bits per heavy atom. The van der Waals surface area contributed by atoms with Gasteiger partial charge in [0.2, 0.25) is 10.0 Å². The van der Waals surface area contributed by atoms with Gasteiger partial charge in [0.1, 0.15) is 16.5 Å². The van der Waals surface area contributed by atoms with Crippen molar-refractivity contribution in [2.45, 2.75) is 22.9 Å². The van der Waals surface area contributed by atoms with Crippen molar-refractivity contribution in [3.05, 3.63) is 90.0 Å². The van der Waals surface area contributed by atoms with Crippen LogP contribution in [0, 0.1) is 11.6 Å². The topological polar surface area (TPSA) is 49.4 Å². The van der Waals surface area contributed by atoms with Gasteiger partial charge < -0.3 is 5.32 Å². The van der Waals surface area contributed by atoms with Crippen molar-refractivity contribution in [1.82, 2.24) is 9.62 Å². The molecule has 30 heavy (non-hydrogen) atoms. The molecule has 2 saturated heterocycles. The lowest BCUT2D eigenvalue weighted by atomic mass is 9.74. The molecule has 0 spiro atoms. The molecular formula is C23H20F2N2O2S. The molecule has 2 aliphatic rings. The van der Waals surface area contributed by atoms with Crippen LogP contribution in [0.5, 0.6) is 0 Å². The number of rotatable bonds is 4. The molecule has 4 nitrogen and oxygen atoms in total. The Kier molecular flexibility index (Phi) is 4.69. The number of halogens is 2. The Bertz CT molecular complexity index is 1190. The van der Waals surface area contributed by atoms with E-state index < -0.39 is 15.8 Å². The van der Waals surface area contributed by atoms with E-state index in [1.165, 1.54) is 40.7 Å². The normalized spacial score (nSPS) is 23.7. The lowest BCUT2D eigenvalue weighted by Crippen LogP contribution is -2.73. The Morgan fingerprint density at radius 2 is 1.53 bits per heavy atom. The van der Waals surface area contributed by atoms with Crippen LogP contribution < -0.4 is 5.32 Å². The largest absolute Gasteiger partial charge is 0.313 e. The van der Waals surface area contributed by atoms with Crippen LogP contribution in [0.25, 0.3) is 11.1 Å². The number of benzene rings is 3. The zero-order chi connectivity index (χ0) is 20.9. The average molecular weight is 426 g/mol. The number of piperazine rings is 1. The molecule has 0 aromatic heterocycles. The molecule has 3 atom stereocenters. The predicted molar refractivity (Wildman–Crippen MR) is 110 cm³/mol. The quantitative estimate of drug-likeness (QED) is 0.691. The molecular weight excluding hydrogens is 406 g/mol. The number of nitrogens with one attached hydrogen (secondary N) is 1. The van der Waals surface area contributed by atoms with Gasteiger partial charge >= 0.3 is 0 Å². The zero-order valence-corrected chi connectivity index (χ0v) is 16.8. The third-order valence-corrected chi connectivity index (χ3v) is 8.02. The lowest BCUT2D eigenvalue weighted by molar-refractivity contribution is 0.0368.